The number of hydrogen-bond acceptors (Lipinski definition) is 4. The lowest BCUT2D eigenvalue weighted by molar-refractivity contribution is -0.136. The fraction of sp³-hybridized carbons (Fsp3) is 0.500. The van der Waals surface area contributed by atoms with Crippen LogP contribution >= 0.6 is 0 Å². The average molecular weight is 326 g/mol. The minimum Gasteiger partial charge on any atom is -0.334 e. The van der Waals surface area contributed by atoms with E-state index in [0.717, 1.165) is 0 Å². The summed E-state index contributed by atoms with van der Waals surface area (Å²) in [6.45, 7) is 3.30. The lowest BCUT2D eigenvalue weighted by atomic mass is 9.98. The maximum absolute atomic E-state index is 12.9. The van der Waals surface area contributed by atoms with Crippen LogP contribution in [0.2, 0.25) is 0 Å². The van der Waals surface area contributed by atoms with E-state index in [4.69, 9.17) is 5.26 Å². The van der Waals surface area contributed by atoms with Gasteiger partial charge in [-0.3, -0.25) is 9.59 Å². The van der Waals surface area contributed by atoms with E-state index in [0.29, 0.717) is 19.5 Å². The summed E-state index contributed by atoms with van der Waals surface area (Å²) < 4.78 is 0. The van der Waals surface area contributed by atoms with E-state index in [-0.39, 0.29) is 30.3 Å². The van der Waals surface area contributed by atoms with Crippen molar-refractivity contribution < 1.29 is 9.59 Å². The van der Waals surface area contributed by atoms with Gasteiger partial charge in [0.2, 0.25) is 11.8 Å². The molecule has 0 unspecified atom stereocenters. The van der Waals surface area contributed by atoms with Crippen LogP contribution in [-0.2, 0) is 22.7 Å². The van der Waals surface area contributed by atoms with Crippen molar-refractivity contribution in [1.29, 1.82) is 5.26 Å². The van der Waals surface area contributed by atoms with Crippen LogP contribution < -0.4 is 5.32 Å². The lowest BCUT2D eigenvalue weighted by Gasteiger charge is -2.22. The summed E-state index contributed by atoms with van der Waals surface area (Å²) in [5, 5.41) is 11.9. The molecule has 0 aromatic heterocycles. The number of nitrogens with zero attached hydrogens (tertiary/aromatic N) is 3. The number of carbonyl (C=O) groups excluding carboxylic acids is 2. The average Bonchev–Trinajstić information content (AvgIpc) is 3.17. The summed E-state index contributed by atoms with van der Waals surface area (Å²) in [4.78, 5) is 28.5. The number of likely N-dealkylation sites (N-methyl/N-ethyl adjacent to an activating group) is 1. The summed E-state index contributed by atoms with van der Waals surface area (Å²) in [5.41, 5.74) is 2.40. The van der Waals surface area contributed by atoms with Crippen molar-refractivity contribution in [2.45, 2.75) is 38.5 Å². The van der Waals surface area contributed by atoms with Crippen molar-refractivity contribution in [3.8, 4) is 6.07 Å². The van der Waals surface area contributed by atoms with Crippen molar-refractivity contribution in [3.05, 3.63) is 35.4 Å². The zero-order chi connectivity index (χ0) is 17.3. The largest absolute Gasteiger partial charge is 0.334 e. The molecule has 1 N–H and O–H groups in total. The standard InChI is InChI=1S/C18H22N4O2/c1-12-15(9-16(20-12)18(24)21(2)8-7-19)17(23)22-10-13-5-3-4-6-14(13)11-22/h3-6,12,15-16,20H,8-11H2,1-2H3/t12-,15-,16-/m0/s1. The van der Waals surface area contributed by atoms with Crippen LogP contribution in [0.25, 0.3) is 0 Å². The highest BCUT2D eigenvalue weighted by Gasteiger charge is 2.42. The maximum atomic E-state index is 12.9. The Kier molecular flexibility index (Phi) is 4.54. The van der Waals surface area contributed by atoms with Crippen molar-refractivity contribution in [3.63, 3.8) is 0 Å². The van der Waals surface area contributed by atoms with Gasteiger partial charge in [-0.15, -0.1) is 0 Å². The van der Waals surface area contributed by atoms with Gasteiger partial charge in [0.25, 0.3) is 0 Å². The Bertz CT molecular complexity index is 672. The molecule has 0 saturated carbocycles. The van der Waals surface area contributed by atoms with Crippen LogP contribution in [0.1, 0.15) is 24.5 Å². The Balaban J connectivity index is 1.65. The molecule has 2 heterocycles. The predicted molar refractivity (Wildman–Crippen MR) is 88.4 cm³/mol. The molecule has 1 aromatic carbocycles. The Morgan fingerprint density at radius 2 is 1.96 bits per heavy atom. The number of benzene rings is 1. The van der Waals surface area contributed by atoms with Gasteiger partial charge >= 0.3 is 0 Å². The van der Waals surface area contributed by atoms with Crippen molar-refractivity contribution >= 4 is 11.8 Å². The Morgan fingerprint density at radius 3 is 2.54 bits per heavy atom. The second kappa shape index (κ2) is 6.62. The van der Waals surface area contributed by atoms with Gasteiger partial charge in [0.15, 0.2) is 0 Å². The fourth-order valence-electron chi connectivity index (χ4n) is 3.62. The van der Waals surface area contributed by atoms with E-state index in [2.05, 4.69) is 17.4 Å². The molecule has 24 heavy (non-hydrogen) atoms. The zero-order valence-corrected chi connectivity index (χ0v) is 14.0. The van der Waals surface area contributed by atoms with Crippen LogP contribution in [0, 0.1) is 17.2 Å². The highest BCUT2D eigenvalue weighted by Crippen LogP contribution is 2.29. The zero-order valence-electron chi connectivity index (χ0n) is 14.0. The van der Waals surface area contributed by atoms with E-state index >= 15 is 0 Å². The lowest BCUT2D eigenvalue weighted by Crippen LogP contribution is -2.43. The molecule has 0 aliphatic carbocycles. The molecular formula is C18H22N4O2. The molecule has 3 atom stereocenters. The van der Waals surface area contributed by atoms with Gasteiger partial charge in [-0.05, 0) is 24.5 Å². The first-order chi connectivity index (χ1) is 11.5. The van der Waals surface area contributed by atoms with Crippen molar-refractivity contribution in [1.82, 2.24) is 15.1 Å². The first kappa shape index (κ1) is 16.5. The fourth-order valence-corrected chi connectivity index (χ4v) is 3.62. The first-order valence-electron chi connectivity index (χ1n) is 8.24. The highest BCUT2D eigenvalue weighted by atomic mass is 16.2. The molecule has 0 radical (unpaired) electrons. The van der Waals surface area contributed by atoms with Gasteiger partial charge in [-0.1, -0.05) is 24.3 Å². The summed E-state index contributed by atoms with van der Waals surface area (Å²) >= 11 is 0. The predicted octanol–water partition coefficient (Wildman–Crippen LogP) is 0.877. The Hall–Kier alpha value is -2.39. The smallest absolute Gasteiger partial charge is 0.240 e. The molecular weight excluding hydrogens is 304 g/mol. The maximum Gasteiger partial charge on any atom is 0.240 e. The Labute approximate surface area is 142 Å². The molecule has 0 bridgehead atoms. The molecule has 0 spiro atoms. The number of nitrogens with one attached hydrogen (secondary N) is 1. The molecule has 6 heteroatoms. The molecule has 2 aliphatic rings. The van der Waals surface area contributed by atoms with E-state index in [1.165, 1.54) is 16.0 Å². The molecule has 1 aromatic rings. The van der Waals surface area contributed by atoms with Crippen LogP contribution in [0.4, 0.5) is 0 Å². The molecule has 2 aliphatic heterocycles. The highest BCUT2D eigenvalue weighted by molar-refractivity contribution is 5.86. The molecule has 1 fully saturated rings. The number of hydrogen-bond donors (Lipinski definition) is 1. The Morgan fingerprint density at radius 1 is 1.33 bits per heavy atom. The summed E-state index contributed by atoms with van der Waals surface area (Å²) in [7, 11) is 1.62. The van der Waals surface area contributed by atoms with Gasteiger partial charge in [-0.2, -0.15) is 5.26 Å². The van der Waals surface area contributed by atoms with Gasteiger partial charge in [0, 0.05) is 26.2 Å². The molecule has 126 valence electrons. The van der Waals surface area contributed by atoms with E-state index < -0.39 is 6.04 Å². The topological polar surface area (TPSA) is 76.4 Å². The minimum absolute atomic E-state index is 0.0503. The SMILES string of the molecule is C[C@@H]1N[C@H](C(=O)N(C)CC#N)C[C@@H]1C(=O)N1Cc2ccccc2C1. The number of nitriles is 1. The van der Waals surface area contributed by atoms with E-state index in [9.17, 15) is 9.59 Å². The summed E-state index contributed by atoms with van der Waals surface area (Å²) in [6.07, 6.45) is 0.488. The monoisotopic (exact) mass is 326 g/mol. The van der Waals surface area contributed by atoms with E-state index in [1.807, 2.05) is 30.0 Å². The van der Waals surface area contributed by atoms with Crippen molar-refractivity contribution in [2.24, 2.45) is 5.92 Å². The third-order valence-electron chi connectivity index (χ3n) is 5.01. The number of rotatable bonds is 3. The second-order valence-electron chi connectivity index (χ2n) is 6.67. The third kappa shape index (κ3) is 3.00. The van der Waals surface area contributed by atoms with Crippen molar-refractivity contribution in [2.75, 3.05) is 13.6 Å². The van der Waals surface area contributed by atoms with Crippen LogP contribution in [-0.4, -0.2) is 47.3 Å². The van der Waals surface area contributed by atoms with Crippen LogP contribution in [0.3, 0.4) is 0 Å². The van der Waals surface area contributed by atoms with Gasteiger partial charge in [-0.25, -0.2) is 0 Å². The van der Waals surface area contributed by atoms with Gasteiger partial charge in [0.1, 0.15) is 6.54 Å². The van der Waals surface area contributed by atoms with Crippen LogP contribution in [0.5, 0.6) is 0 Å². The minimum atomic E-state index is -0.391. The normalized spacial score (nSPS) is 25.2. The second-order valence-corrected chi connectivity index (χ2v) is 6.67. The molecule has 2 amide bonds. The first-order valence-corrected chi connectivity index (χ1v) is 8.24. The summed E-state index contributed by atoms with van der Waals surface area (Å²) in [5.74, 6) is -0.225. The number of amides is 2. The van der Waals surface area contributed by atoms with Gasteiger partial charge < -0.3 is 15.1 Å². The number of carbonyl (C=O) groups is 2. The van der Waals surface area contributed by atoms with Gasteiger partial charge in [0.05, 0.1) is 18.0 Å². The van der Waals surface area contributed by atoms with E-state index in [1.54, 1.807) is 7.05 Å². The van der Waals surface area contributed by atoms with Crippen LogP contribution in [0.15, 0.2) is 24.3 Å². The molecule has 1 saturated heterocycles. The third-order valence-corrected chi connectivity index (χ3v) is 5.01. The molecule has 3 rings (SSSR count). The quantitative estimate of drug-likeness (QED) is 0.837. The summed E-state index contributed by atoms with van der Waals surface area (Å²) in [6, 6.07) is 9.63. The molecule has 6 nitrogen and oxygen atoms in total. The number of fused-ring (bicyclic) bond motifs is 1.